The Morgan fingerprint density at radius 1 is 1.24 bits per heavy atom. The first-order valence-electron chi connectivity index (χ1n) is 6.06. The fourth-order valence-electron chi connectivity index (χ4n) is 1.84. The van der Waals surface area contributed by atoms with Gasteiger partial charge in [0.1, 0.15) is 5.82 Å². The fourth-order valence-corrected chi connectivity index (χ4v) is 3.15. The molecular formula is C14H14ClFN2O2S. The molecule has 4 nitrogen and oxygen atoms in total. The summed E-state index contributed by atoms with van der Waals surface area (Å²) in [6.45, 7) is 0.0582. The van der Waals surface area contributed by atoms with Crippen LogP contribution in [0.25, 0.3) is 0 Å². The third kappa shape index (κ3) is 3.53. The van der Waals surface area contributed by atoms with Crippen LogP contribution in [0.2, 0.25) is 5.02 Å². The molecule has 0 fully saturated rings. The van der Waals surface area contributed by atoms with E-state index in [1.165, 1.54) is 43.4 Å². The van der Waals surface area contributed by atoms with Crippen LogP contribution in [0, 0.1) is 5.82 Å². The predicted molar refractivity (Wildman–Crippen MR) is 80.9 cm³/mol. The number of nitrogens with two attached hydrogens (primary N) is 1. The minimum Gasteiger partial charge on any atom is -0.397 e. The summed E-state index contributed by atoms with van der Waals surface area (Å²) in [6.07, 6.45) is 0. The zero-order valence-electron chi connectivity index (χ0n) is 11.3. The maximum absolute atomic E-state index is 13.1. The third-order valence-corrected chi connectivity index (χ3v) is 5.11. The Kier molecular flexibility index (Phi) is 4.51. The number of benzene rings is 2. The van der Waals surface area contributed by atoms with Gasteiger partial charge >= 0.3 is 0 Å². The van der Waals surface area contributed by atoms with Crippen LogP contribution >= 0.6 is 11.6 Å². The van der Waals surface area contributed by atoms with Crippen LogP contribution in [0.5, 0.6) is 0 Å². The number of hydrogen-bond acceptors (Lipinski definition) is 3. The Morgan fingerprint density at radius 2 is 1.95 bits per heavy atom. The van der Waals surface area contributed by atoms with Gasteiger partial charge in [0.05, 0.1) is 15.6 Å². The molecule has 0 bridgehead atoms. The topological polar surface area (TPSA) is 63.4 Å². The smallest absolute Gasteiger partial charge is 0.243 e. The number of hydrogen-bond donors (Lipinski definition) is 1. The highest BCUT2D eigenvalue weighted by Crippen LogP contribution is 2.24. The lowest BCUT2D eigenvalue weighted by atomic mass is 10.2. The summed E-state index contributed by atoms with van der Waals surface area (Å²) in [6, 6.07) is 9.91. The van der Waals surface area contributed by atoms with Crippen LogP contribution in [0.1, 0.15) is 5.56 Å². The van der Waals surface area contributed by atoms with E-state index in [-0.39, 0.29) is 17.1 Å². The minimum absolute atomic E-state index is 0.0447. The van der Waals surface area contributed by atoms with Gasteiger partial charge in [-0.3, -0.25) is 0 Å². The summed E-state index contributed by atoms with van der Waals surface area (Å²) in [7, 11) is -2.30. The van der Waals surface area contributed by atoms with Gasteiger partial charge < -0.3 is 5.73 Å². The first kappa shape index (κ1) is 15.8. The SMILES string of the molecule is CN(Cc1cccc(F)c1)S(=O)(=O)c1ccc(Cl)c(N)c1. The number of rotatable bonds is 4. The second-order valence-electron chi connectivity index (χ2n) is 4.57. The van der Waals surface area contributed by atoms with Crippen molar-refractivity contribution in [2.45, 2.75) is 11.4 Å². The van der Waals surface area contributed by atoms with Gasteiger partial charge in [0, 0.05) is 13.6 Å². The molecular weight excluding hydrogens is 315 g/mol. The predicted octanol–water partition coefficient (Wildman–Crippen LogP) is 2.88. The molecule has 0 aliphatic rings. The first-order valence-corrected chi connectivity index (χ1v) is 7.88. The highest BCUT2D eigenvalue weighted by molar-refractivity contribution is 7.89. The number of sulfonamides is 1. The lowest BCUT2D eigenvalue weighted by Gasteiger charge is -2.17. The van der Waals surface area contributed by atoms with Gasteiger partial charge in [0.25, 0.3) is 0 Å². The first-order chi connectivity index (χ1) is 9.80. The van der Waals surface area contributed by atoms with Crippen molar-refractivity contribution in [3.63, 3.8) is 0 Å². The molecule has 0 spiro atoms. The summed E-state index contributed by atoms with van der Waals surface area (Å²) < 4.78 is 39.1. The van der Waals surface area contributed by atoms with Crippen LogP contribution in [0.15, 0.2) is 47.4 Å². The number of nitrogens with zero attached hydrogens (tertiary/aromatic N) is 1. The Balaban J connectivity index is 2.28. The lowest BCUT2D eigenvalue weighted by Crippen LogP contribution is -2.26. The van der Waals surface area contributed by atoms with Crippen molar-refractivity contribution in [1.29, 1.82) is 0 Å². The highest BCUT2D eigenvalue weighted by atomic mass is 35.5. The third-order valence-electron chi connectivity index (χ3n) is 2.97. The van der Waals surface area contributed by atoms with Crippen molar-refractivity contribution in [3.8, 4) is 0 Å². The van der Waals surface area contributed by atoms with E-state index in [1.54, 1.807) is 6.07 Å². The van der Waals surface area contributed by atoms with Gasteiger partial charge in [-0.25, -0.2) is 12.8 Å². The molecule has 0 atom stereocenters. The number of nitrogen functional groups attached to an aromatic ring is 1. The van der Waals surface area contributed by atoms with E-state index in [0.717, 1.165) is 4.31 Å². The Morgan fingerprint density at radius 3 is 2.57 bits per heavy atom. The van der Waals surface area contributed by atoms with Gasteiger partial charge in [-0.15, -0.1) is 0 Å². The summed E-state index contributed by atoms with van der Waals surface area (Å²) >= 11 is 5.78. The monoisotopic (exact) mass is 328 g/mol. The summed E-state index contributed by atoms with van der Waals surface area (Å²) in [5, 5.41) is 0.293. The zero-order valence-corrected chi connectivity index (χ0v) is 12.8. The average molecular weight is 329 g/mol. The van der Waals surface area contributed by atoms with E-state index in [0.29, 0.717) is 10.6 Å². The lowest BCUT2D eigenvalue weighted by molar-refractivity contribution is 0.465. The maximum Gasteiger partial charge on any atom is 0.243 e. The average Bonchev–Trinajstić information content (AvgIpc) is 2.41. The van der Waals surface area contributed by atoms with Crippen molar-refractivity contribution in [2.75, 3.05) is 12.8 Å². The van der Waals surface area contributed by atoms with Crippen LogP contribution in [-0.2, 0) is 16.6 Å². The molecule has 112 valence electrons. The van der Waals surface area contributed by atoms with Gasteiger partial charge in [-0.2, -0.15) is 4.31 Å². The Hall–Kier alpha value is -1.63. The normalized spacial score (nSPS) is 11.8. The standard InChI is InChI=1S/C14H14ClFN2O2S/c1-18(9-10-3-2-4-11(16)7-10)21(19,20)12-5-6-13(15)14(17)8-12/h2-8H,9,17H2,1H3. The Bertz CT molecular complexity index is 765. The second-order valence-corrected chi connectivity index (χ2v) is 7.03. The van der Waals surface area contributed by atoms with E-state index in [9.17, 15) is 12.8 Å². The molecule has 2 rings (SSSR count). The molecule has 0 aliphatic carbocycles. The molecule has 7 heteroatoms. The van der Waals surface area contributed by atoms with Crippen molar-refractivity contribution in [3.05, 3.63) is 58.9 Å². The molecule has 2 N–H and O–H groups in total. The molecule has 0 amide bonds. The van der Waals surface area contributed by atoms with E-state index in [2.05, 4.69) is 0 Å². The van der Waals surface area contributed by atoms with Gasteiger partial charge in [0.15, 0.2) is 0 Å². The van der Waals surface area contributed by atoms with Crippen LogP contribution in [-0.4, -0.2) is 19.8 Å². The number of anilines is 1. The Labute approximate surface area is 128 Å². The van der Waals surface area contributed by atoms with Crippen molar-refractivity contribution in [2.24, 2.45) is 0 Å². The van der Waals surface area contributed by atoms with Crippen molar-refractivity contribution < 1.29 is 12.8 Å². The summed E-state index contributed by atoms with van der Waals surface area (Å²) in [5.41, 5.74) is 6.38. The quantitative estimate of drug-likeness (QED) is 0.878. The van der Waals surface area contributed by atoms with Gasteiger partial charge in [-0.05, 0) is 35.9 Å². The van der Waals surface area contributed by atoms with Gasteiger partial charge in [-0.1, -0.05) is 23.7 Å². The molecule has 2 aromatic carbocycles. The minimum atomic E-state index is -3.72. The van der Waals surface area contributed by atoms with E-state index >= 15 is 0 Å². The molecule has 21 heavy (non-hydrogen) atoms. The fraction of sp³-hybridized carbons (Fsp3) is 0.143. The zero-order chi connectivity index (χ0) is 15.6. The highest BCUT2D eigenvalue weighted by Gasteiger charge is 2.21. The van der Waals surface area contributed by atoms with E-state index in [4.69, 9.17) is 17.3 Å². The van der Waals surface area contributed by atoms with E-state index in [1.807, 2.05) is 0 Å². The van der Waals surface area contributed by atoms with Crippen LogP contribution in [0.4, 0.5) is 10.1 Å². The second kappa shape index (κ2) is 6.01. The largest absolute Gasteiger partial charge is 0.397 e. The summed E-state index contributed by atoms with van der Waals surface area (Å²) in [5.74, 6) is -0.408. The van der Waals surface area contributed by atoms with Crippen molar-refractivity contribution >= 4 is 27.3 Å². The molecule has 0 heterocycles. The van der Waals surface area contributed by atoms with Crippen LogP contribution < -0.4 is 5.73 Å². The molecule has 0 aliphatic heterocycles. The molecule has 0 saturated carbocycles. The van der Waals surface area contributed by atoms with Gasteiger partial charge in [0.2, 0.25) is 10.0 Å². The van der Waals surface area contributed by atoms with Crippen LogP contribution in [0.3, 0.4) is 0 Å². The van der Waals surface area contributed by atoms with Crippen molar-refractivity contribution in [1.82, 2.24) is 4.31 Å². The molecule has 0 radical (unpaired) electrons. The molecule has 0 aromatic heterocycles. The van der Waals surface area contributed by atoms with E-state index < -0.39 is 15.8 Å². The molecule has 0 saturated heterocycles. The number of halogens is 2. The maximum atomic E-state index is 13.1. The molecule has 0 unspecified atom stereocenters. The molecule has 2 aromatic rings. The summed E-state index contributed by atoms with van der Waals surface area (Å²) in [4.78, 5) is 0.0447.